The first-order chi connectivity index (χ1) is 9.34. The SMILES string of the molecule is CCCCCCCCCCCCCc1sccc1[SiH3]. The Morgan fingerprint density at radius 3 is 1.84 bits per heavy atom. The summed E-state index contributed by atoms with van der Waals surface area (Å²) in [6.45, 7) is 2.29. The molecule has 0 atom stereocenters. The molecular formula is C17H32SSi. The van der Waals surface area contributed by atoms with Crippen LogP contribution in [0.25, 0.3) is 0 Å². The first-order valence-electron chi connectivity index (χ1n) is 8.37. The maximum Gasteiger partial charge on any atom is 0.0399 e. The van der Waals surface area contributed by atoms with Crippen LogP contribution in [0, 0.1) is 0 Å². The standard InChI is InChI=1S/C17H32SSi/c1-2-3-4-5-6-7-8-9-10-11-12-13-16-17(19)14-15-18-16/h14-15H,2-13H2,1,19H3. The topological polar surface area (TPSA) is 0 Å². The maximum absolute atomic E-state index is 2.31. The Bertz CT molecular complexity index is 306. The molecule has 0 saturated heterocycles. The average Bonchev–Trinajstić information content (AvgIpc) is 2.82. The summed E-state index contributed by atoms with van der Waals surface area (Å²) in [5.41, 5.74) is 0. The van der Waals surface area contributed by atoms with E-state index in [1.165, 1.54) is 87.3 Å². The van der Waals surface area contributed by atoms with Gasteiger partial charge in [-0.05, 0) is 18.2 Å². The van der Waals surface area contributed by atoms with Crippen molar-refractivity contribution in [3.8, 4) is 0 Å². The van der Waals surface area contributed by atoms with Gasteiger partial charge in [-0.1, -0.05) is 82.4 Å². The molecule has 0 aliphatic heterocycles. The predicted octanol–water partition coefficient (Wildman–Crippen LogP) is 4.59. The van der Waals surface area contributed by atoms with Crippen LogP contribution in [0.2, 0.25) is 0 Å². The van der Waals surface area contributed by atoms with Crippen LogP contribution >= 0.6 is 11.3 Å². The summed E-state index contributed by atoms with van der Waals surface area (Å²) < 4.78 is 0. The summed E-state index contributed by atoms with van der Waals surface area (Å²) >= 11 is 1.97. The number of aryl methyl sites for hydroxylation is 1. The van der Waals surface area contributed by atoms with Crippen LogP contribution in [-0.2, 0) is 6.42 Å². The lowest BCUT2D eigenvalue weighted by atomic mass is 10.1. The zero-order valence-electron chi connectivity index (χ0n) is 13.0. The summed E-state index contributed by atoms with van der Waals surface area (Å²) in [5, 5.41) is 3.90. The number of hydrogen-bond donors (Lipinski definition) is 0. The summed E-state index contributed by atoms with van der Waals surface area (Å²) in [6, 6.07) is 2.31. The van der Waals surface area contributed by atoms with Gasteiger partial charge in [-0.15, -0.1) is 11.3 Å². The van der Waals surface area contributed by atoms with Gasteiger partial charge in [0.05, 0.1) is 0 Å². The van der Waals surface area contributed by atoms with Crippen molar-refractivity contribution in [2.24, 2.45) is 0 Å². The molecule has 110 valence electrons. The van der Waals surface area contributed by atoms with Gasteiger partial charge in [-0.25, -0.2) is 0 Å². The molecule has 0 amide bonds. The molecule has 0 nitrogen and oxygen atoms in total. The predicted molar refractivity (Wildman–Crippen MR) is 94.1 cm³/mol. The van der Waals surface area contributed by atoms with Crippen molar-refractivity contribution in [3.63, 3.8) is 0 Å². The van der Waals surface area contributed by atoms with Crippen molar-refractivity contribution in [2.45, 2.75) is 84.0 Å². The van der Waals surface area contributed by atoms with Crippen LogP contribution in [-0.4, -0.2) is 10.2 Å². The van der Waals surface area contributed by atoms with E-state index in [0.29, 0.717) is 0 Å². The van der Waals surface area contributed by atoms with Crippen LogP contribution in [0.15, 0.2) is 11.4 Å². The molecular weight excluding hydrogens is 264 g/mol. The van der Waals surface area contributed by atoms with E-state index in [1.54, 1.807) is 10.1 Å². The third kappa shape index (κ3) is 8.64. The molecule has 0 unspecified atom stereocenters. The monoisotopic (exact) mass is 296 g/mol. The molecule has 0 aliphatic rings. The minimum atomic E-state index is 1.23. The Morgan fingerprint density at radius 1 is 0.842 bits per heavy atom. The van der Waals surface area contributed by atoms with Crippen LogP contribution in [0.1, 0.15) is 82.4 Å². The van der Waals surface area contributed by atoms with Gasteiger partial charge in [0.1, 0.15) is 0 Å². The van der Waals surface area contributed by atoms with E-state index in [2.05, 4.69) is 18.4 Å². The molecule has 0 spiro atoms. The van der Waals surface area contributed by atoms with E-state index in [1.807, 2.05) is 11.3 Å². The van der Waals surface area contributed by atoms with Crippen LogP contribution in [0.5, 0.6) is 0 Å². The van der Waals surface area contributed by atoms with Gasteiger partial charge >= 0.3 is 0 Å². The van der Waals surface area contributed by atoms with Crippen molar-refractivity contribution in [2.75, 3.05) is 0 Å². The smallest absolute Gasteiger partial charge is 0.0399 e. The van der Waals surface area contributed by atoms with E-state index < -0.39 is 0 Å². The number of rotatable bonds is 12. The van der Waals surface area contributed by atoms with Crippen molar-refractivity contribution < 1.29 is 0 Å². The Morgan fingerprint density at radius 2 is 1.37 bits per heavy atom. The molecule has 1 aromatic heterocycles. The lowest BCUT2D eigenvalue weighted by Crippen LogP contribution is -2.03. The Balaban J connectivity index is 1.80. The fraction of sp³-hybridized carbons (Fsp3) is 0.765. The third-order valence-corrected chi connectivity index (χ3v) is 6.36. The lowest BCUT2D eigenvalue weighted by Gasteiger charge is -2.03. The Kier molecular flexibility index (Phi) is 10.5. The molecule has 0 bridgehead atoms. The van der Waals surface area contributed by atoms with Crippen LogP contribution < -0.4 is 5.19 Å². The van der Waals surface area contributed by atoms with Gasteiger partial charge in [0.2, 0.25) is 0 Å². The summed E-state index contributed by atoms with van der Waals surface area (Å²) in [7, 11) is 1.23. The molecule has 1 rings (SSSR count). The van der Waals surface area contributed by atoms with E-state index in [4.69, 9.17) is 0 Å². The average molecular weight is 297 g/mol. The van der Waals surface area contributed by atoms with Gasteiger partial charge in [0, 0.05) is 15.1 Å². The maximum atomic E-state index is 2.31. The van der Waals surface area contributed by atoms with Crippen molar-refractivity contribution in [1.82, 2.24) is 0 Å². The highest BCUT2D eigenvalue weighted by Crippen LogP contribution is 2.14. The zero-order valence-corrected chi connectivity index (χ0v) is 15.9. The summed E-state index contributed by atoms with van der Waals surface area (Å²) in [4.78, 5) is 1.67. The molecule has 0 saturated carbocycles. The minimum absolute atomic E-state index is 1.23. The van der Waals surface area contributed by atoms with Gasteiger partial charge in [0.25, 0.3) is 0 Å². The molecule has 0 fully saturated rings. The number of unbranched alkanes of at least 4 members (excludes halogenated alkanes) is 10. The van der Waals surface area contributed by atoms with Gasteiger partial charge in [-0.2, -0.15) is 0 Å². The Labute approximate surface area is 127 Å². The minimum Gasteiger partial charge on any atom is -0.149 e. The quantitative estimate of drug-likeness (QED) is 0.391. The molecule has 1 aromatic rings. The van der Waals surface area contributed by atoms with Crippen LogP contribution in [0.4, 0.5) is 0 Å². The number of hydrogen-bond acceptors (Lipinski definition) is 1. The fourth-order valence-electron chi connectivity index (χ4n) is 2.61. The highest BCUT2D eigenvalue weighted by atomic mass is 32.1. The molecule has 19 heavy (non-hydrogen) atoms. The lowest BCUT2D eigenvalue weighted by molar-refractivity contribution is 0.550. The van der Waals surface area contributed by atoms with Crippen molar-refractivity contribution in [1.29, 1.82) is 0 Å². The first-order valence-corrected chi connectivity index (χ1v) is 10.3. The van der Waals surface area contributed by atoms with Gasteiger partial charge in [-0.3, -0.25) is 0 Å². The molecule has 0 aromatic carbocycles. The van der Waals surface area contributed by atoms with Crippen molar-refractivity contribution in [3.05, 3.63) is 16.3 Å². The van der Waals surface area contributed by atoms with E-state index >= 15 is 0 Å². The second-order valence-corrected chi connectivity index (χ2v) is 7.89. The first kappa shape index (κ1) is 17.0. The van der Waals surface area contributed by atoms with Crippen molar-refractivity contribution >= 4 is 26.8 Å². The van der Waals surface area contributed by atoms with E-state index in [9.17, 15) is 0 Å². The molecule has 0 N–H and O–H groups in total. The third-order valence-electron chi connectivity index (χ3n) is 3.98. The number of thiophene rings is 1. The summed E-state index contributed by atoms with van der Waals surface area (Å²) in [5.74, 6) is 0. The molecule has 0 aliphatic carbocycles. The van der Waals surface area contributed by atoms with Gasteiger partial charge < -0.3 is 0 Å². The Hall–Kier alpha value is -0.0831. The normalized spacial score (nSPS) is 11.2. The van der Waals surface area contributed by atoms with E-state index in [-0.39, 0.29) is 0 Å². The second-order valence-electron chi connectivity index (χ2n) is 5.81. The van der Waals surface area contributed by atoms with Crippen LogP contribution in [0.3, 0.4) is 0 Å². The fourth-order valence-corrected chi connectivity index (χ4v) is 4.57. The molecule has 2 heteroatoms. The van der Waals surface area contributed by atoms with E-state index in [0.717, 1.165) is 0 Å². The largest absolute Gasteiger partial charge is 0.149 e. The van der Waals surface area contributed by atoms with Gasteiger partial charge in [0.15, 0.2) is 0 Å². The molecule has 1 heterocycles. The molecule has 0 radical (unpaired) electrons. The highest BCUT2D eigenvalue weighted by molar-refractivity contribution is 7.11. The second kappa shape index (κ2) is 11.7. The zero-order chi connectivity index (χ0) is 13.8. The summed E-state index contributed by atoms with van der Waals surface area (Å²) in [6.07, 6.45) is 17.2. The highest BCUT2D eigenvalue weighted by Gasteiger charge is 1.99.